The van der Waals surface area contributed by atoms with E-state index in [0.717, 1.165) is 37.6 Å². The largest absolute Gasteiger partial charge is 0.364 e. The summed E-state index contributed by atoms with van der Waals surface area (Å²) in [4.78, 5) is 32.2. The Bertz CT molecular complexity index is 601. The molecule has 2 amide bonds. The minimum atomic E-state index is -0.478. The summed E-state index contributed by atoms with van der Waals surface area (Å²) in [5.74, 6) is 0.807. The molecule has 0 saturated carbocycles. The number of hydrogen-bond donors (Lipinski definition) is 1. The summed E-state index contributed by atoms with van der Waals surface area (Å²) < 4.78 is 0. The molecule has 23 heavy (non-hydrogen) atoms. The third-order valence-corrected chi connectivity index (χ3v) is 5.62. The number of nitrogens with zero attached hydrogens (tertiary/aromatic N) is 3. The number of hydrogen-bond acceptors (Lipinski definition) is 5. The van der Waals surface area contributed by atoms with Crippen molar-refractivity contribution in [1.82, 2.24) is 9.88 Å². The van der Waals surface area contributed by atoms with E-state index in [1.165, 1.54) is 11.3 Å². The smallest absolute Gasteiger partial charge is 0.268 e. The first-order valence-electron chi connectivity index (χ1n) is 8.25. The third kappa shape index (κ3) is 3.34. The van der Waals surface area contributed by atoms with Crippen LogP contribution in [0.1, 0.15) is 43.6 Å². The molecule has 7 heteroatoms. The first-order chi connectivity index (χ1) is 11.0. The standard InChI is InChI=1S/C16H24N4O2S/c1-10(2)7-20-13-5-6-19(8-11(13)3-4-14(20)21)16-18-12(9-23-16)15(17)22/h9-11,13H,3-8H2,1-2H3,(H2,17,22)/t11-,13+/m0/s1. The number of thiazole rings is 1. The number of primary amides is 1. The molecule has 0 unspecified atom stereocenters. The van der Waals surface area contributed by atoms with Crippen LogP contribution in [0.25, 0.3) is 0 Å². The second-order valence-electron chi connectivity index (χ2n) is 6.92. The molecule has 2 fully saturated rings. The second kappa shape index (κ2) is 6.47. The fourth-order valence-corrected chi connectivity index (χ4v) is 4.53. The van der Waals surface area contributed by atoms with Crippen molar-refractivity contribution in [3.05, 3.63) is 11.1 Å². The number of nitrogens with two attached hydrogens (primary N) is 1. The van der Waals surface area contributed by atoms with Crippen LogP contribution >= 0.6 is 11.3 Å². The van der Waals surface area contributed by atoms with Crippen molar-refractivity contribution < 1.29 is 9.59 Å². The second-order valence-corrected chi connectivity index (χ2v) is 7.76. The Morgan fingerprint density at radius 2 is 2.26 bits per heavy atom. The van der Waals surface area contributed by atoms with Crippen LogP contribution in [0.4, 0.5) is 5.13 Å². The van der Waals surface area contributed by atoms with Gasteiger partial charge in [0.05, 0.1) is 0 Å². The number of aromatic nitrogens is 1. The first-order valence-corrected chi connectivity index (χ1v) is 9.13. The van der Waals surface area contributed by atoms with E-state index in [4.69, 9.17) is 5.73 Å². The summed E-state index contributed by atoms with van der Waals surface area (Å²) >= 11 is 1.47. The van der Waals surface area contributed by atoms with Gasteiger partial charge in [-0.15, -0.1) is 11.3 Å². The van der Waals surface area contributed by atoms with E-state index in [2.05, 4.69) is 28.6 Å². The van der Waals surface area contributed by atoms with E-state index in [1.54, 1.807) is 5.38 Å². The molecule has 0 aromatic carbocycles. The normalized spacial score (nSPS) is 24.9. The highest BCUT2D eigenvalue weighted by molar-refractivity contribution is 7.13. The summed E-state index contributed by atoms with van der Waals surface area (Å²) in [5.41, 5.74) is 5.63. The van der Waals surface area contributed by atoms with Crippen molar-refractivity contribution in [1.29, 1.82) is 0 Å². The van der Waals surface area contributed by atoms with Crippen molar-refractivity contribution >= 4 is 28.3 Å². The number of carbonyl (C=O) groups is 2. The molecule has 2 atom stereocenters. The predicted octanol–water partition coefficient (Wildman–Crippen LogP) is 1.72. The summed E-state index contributed by atoms with van der Waals surface area (Å²) in [6, 6.07) is 0.352. The number of amides is 2. The van der Waals surface area contributed by atoms with Gasteiger partial charge in [0.15, 0.2) is 5.13 Å². The summed E-state index contributed by atoms with van der Waals surface area (Å²) in [5, 5.41) is 2.59. The third-order valence-electron chi connectivity index (χ3n) is 4.72. The van der Waals surface area contributed by atoms with Crippen LogP contribution in [-0.2, 0) is 4.79 Å². The molecule has 2 aliphatic heterocycles. The lowest BCUT2D eigenvalue weighted by Gasteiger charge is -2.47. The summed E-state index contributed by atoms with van der Waals surface area (Å²) in [6.45, 7) is 6.94. The highest BCUT2D eigenvalue weighted by Gasteiger charge is 2.39. The zero-order valence-corrected chi connectivity index (χ0v) is 14.5. The maximum absolute atomic E-state index is 12.3. The molecule has 1 aromatic rings. The highest BCUT2D eigenvalue weighted by atomic mass is 32.1. The van der Waals surface area contributed by atoms with E-state index in [9.17, 15) is 9.59 Å². The van der Waals surface area contributed by atoms with Crippen LogP contribution in [0.2, 0.25) is 0 Å². The molecule has 1 aromatic heterocycles. The Morgan fingerprint density at radius 3 is 2.91 bits per heavy atom. The zero-order valence-electron chi connectivity index (χ0n) is 13.7. The molecule has 3 heterocycles. The van der Waals surface area contributed by atoms with Crippen molar-refractivity contribution in [2.24, 2.45) is 17.6 Å². The molecule has 0 aliphatic carbocycles. The molecular weight excluding hydrogens is 312 g/mol. The predicted molar refractivity (Wildman–Crippen MR) is 90.5 cm³/mol. The molecule has 2 saturated heterocycles. The lowest BCUT2D eigenvalue weighted by atomic mass is 9.83. The molecule has 2 aliphatic rings. The zero-order chi connectivity index (χ0) is 16.6. The minimum Gasteiger partial charge on any atom is -0.364 e. The Hall–Kier alpha value is -1.63. The van der Waals surface area contributed by atoms with E-state index < -0.39 is 5.91 Å². The molecule has 0 spiro atoms. The summed E-state index contributed by atoms with van der Waals surface area (Å²) in [6.07, 6.45) is 2.56. The Labute approximate surface area is 140 Å². The SMILES string of the molecule is CC(C)CN1C(=O)CC[C@H]2CN(c3nc(C(N)=O)cs3)CC[C@H]21. The number of anilines is 1. The Kier molecular flexibility index (Phi) is 4.57. The average Bonchev–Trinajstić information content (AvgIpc) is 2.99. The van der Waals surface area contributed by atoms with Crippen molar-refractivity contribution in [2.75, 3.05) is 24.5 Å². The Morgan fingerprint density at radius 1 is 1.48 bits per heavy atom. The molecular formula is C16H24N4O2S. The fourth-order valence-electron chi connectivity index (χ4n) is 3.68. The average molecular weight is 336 g/mol. The van der Waals surface area contributed by atoms with Gasteiger partial charge in [-0.25, -0.2) is 4.98 Å². The molecule has 0 bridgehead atoms. The molecule has 126 valence electrons. The monoisotopic (exact) mass is 336 g/mol. The van der Waals surface area contributed by atoms with Gasteiger partial charge in [0.1, 0.15) is 5.69 Å². The first kappa shape index (κ1) is 16.2. The quantitative estimate of drug-likeness (QED) is 0.908. The van der Waals surface area contributed by atoms with Gasteiger partial charge in [-0.3, -0.25) is 9.59 Å². The van der Waals surface area contributed by atoms with Gasteiger partial charge in [0.2, 0.25) is 5.91 Å². The Balaban J connectivity index is 1.71. The maximum atomic E-state index is 12.3. The van der Waals surface area contributed by atoms with E-state index in [0.29, 0.717) is 35.9 Å². The van der Waals surface area contributed by atoms with Crippen LogP contribution in [0, 0.1) is 11.8 Å². The van der Waals surface area contributed by atoms with Crippen LogP contribution in [0.5, 0.6) is 0 Å². The number of fused-ring (bicyclic) bond motifs is 1. The van der Waals surface area contributed by atoms with Crippen molar-refractivity contribution in [3.63, 3.8) is 0 Å². The lowest BCUT2D eigenvalue weighted by molar-refractivity contribution is -0.140. The topological polar surface area (TPSA) is 79.5 Å². The van der Waals surface area contributed by atoms with E-state index in [1.807, 2.05) is 0 Å². The summed E-state index contributed by atoms with van der Waals surface area (Å²) in [7, 11) is 0. The molecule has 0 radical (unpaired) electrons. The minimum absolute atomic E-state index is 0.304. The van der Waals surface area contributed by atoms with Gasteiger partial charge < -0.3 is 15.5 Å². The highest BCUT2D eigenvalue weighted by Crippen LogP contribution is 2.34. The van der Waals surface area contributed by atoms with Gasteiger partial charge in [0.25, 0.3) is 5.91 Å². The van der Waals surface area contributed by atoms with Gasteiger partial charge in [-0.2, -0.15) is 0 Å². The van der Waals surface area contributed by atoms with Crippen molar-refractivity contribution in [3.8, 4) is 0 Å². The number of piperidine rings is 2. The molecule has 3 rings (SSSR count). The van der Waals surface area contributed by atoms with Crippen LogP contribution < -0.4 is 10.6 Å². The molecule has 6 nitrogen and oxygen atoms in total. The van der Waals surface area contributed by atoms with Gasteiger partial charge in [0, 0.05) is 37.5 Å². The van der Waals surface area contributed by atoms with Crippen LogP contribution in [0.3, 0.4) is 0 Å². The van der Waals surface area contributed by atoms with Crippen LogP contribution in [0.15, 0.2) is 5.38 Å². The van der Waals surface area contributed by atoms with Gasteiger partial charge in [-0.05, 0) is 24.7 Å². The van der Waals surface area contributed by atoms with Gasteiger partial charge >= 0.3 is 0 Å². The number of carbonyl (C=O) groups excluding carboxylic acids is 2. The lowest BCUT2D eigenvalue weighted by Crippen LogP contribution is -2.56. The number of likely N-dealkylation sites (tertiary alicyclic amines) is 1. The van der Waals surface area contributed by atoms with E-state index in [-0.39, 0.29) is 0 Å². The fraction of sp³-hybridized carbons (Fsp3) is 0.688. The van der Waals surface area contributed by atoms with E-state index >= 15 is 0 Å². The molecule has 2 N–H and O–H groups in total. The van der Waals surface area contributed by atoms with Crippen molar-refractivity contribution in [2.45, 2.75) is 39.2 Å². The van der Waals surface area contributed by atoms with Crippen LogP contribution in [-0.4, -0.2) is 47.4 Å². The number of rotatable bonds is 4. The maximum Gasteiger partial charge on any atom is 0.268 e. The van der Waals surface area contributed by atoms with Gasteiger partial charge in [-0.1, -0.05) is 13.8 Å².